The molecular weight excluding hydrogens is 278 g/mol. The van der Waals surface area contributed by atoms with Crippen molar-refractivity contribution < 1.29 is 4.79 Å². The first-order valence-corrected chi connectivity index (χ1v) is 8.71. The maximum absolute atomic E-state index is 11.4. The standard InChI is InChI=1S/C13H23N3OS2/c1-5-16(11(3)17)13-15-12(9-19-13)8-14-7-6-10(2)18-4/h9-10,14H,5-8H2,1-4H3. The molecule has 1 unspecified atom stereocenters. The number of amides is 1. The minimum atomic E-state index is 0.0464. The Morgan fingerprint density at radius 2 is 2.37 bits per heavy atom. The Kier molecular flexibility index (Phi) is 7.41. The lowest BCUT2D eigenvalue weighted by Gasteiger charge is -2.14. The van der Waals surface area contributed by atoms with E-state index in [4.69, 9.17) is 0 Å². The molecule has 0 spiro atoms. The Labute approximate surface area is 124 Å². The fraction of sp³-hybridized carbons (Fsp3) is 0.692. The van der Waals surface area contributed by atoms with Gasteiger partial charge in [0.2, 0.25) is 5.91 Å². The van der Waals surface area contributed by atoms with E-state index < -0.39 is 0 Å². The van der Waals surface area contributed by atoms with Gasteiger partial charge in [-0.1, -0.05) is 6.92 Å². The van der Waals surface area contributed by atoms with Crippen molar-refractivity contribution in [3.05, 3.63) is 11.1 Å². The SMILES string of the molecule is CCN(C(C)=O)c1nc(CNCCC(C)SC)cs1. The molecule has 4 nitrogen and oxygen atoms in total. The van der Waals surface area contributed by atoms with Crippen LogP contribution in [-0.4, -0.2) is 35.5 Å². The molecule has 1 amide bonds. The van der Waals surface area contributed by atoms with E-state index in [2.05, 4.69) is 23.5 Å². The van der Waals surface area contributed by atoms with Gasteiger partial charge in [-0.05, 0) is 26.1 Å². The molecule has 0 aliphatic rings. The second kappa shape index (κ2) is 8.55. The molecule has 108 valence electrons. The van der Waals surface area contributed by atoms with Crippen LogP contribution in [0.25, 0.3) is 0 Å². The third-order valence-electron chi connectivity index (χ3n) is 2.90. The number of hydrogen-bond donors (Lipinski definition) is 1. The summed E-state index contributed by atoms with van der Waals surface area (Å²) in [5, 5.41) is 6.90. The Hall–Kier alpha value is -0.590. The molecule has 1 aromatic heterocycles. The highest BCUT2D eigenvalue weighted by molar-refractivity contribution is 7.99. The molecule has 1 heterocycles. The second-order valence-corrected chi connectivity index (χ2v) is 6.51. The normalized spacial score (nSPS) is 12.4. The second-order valence-electron chi connectivity index (χ2n) is 4.40. The summed E-state index contributed by atoms with van der Waals surface area (Å²) in [6, 6.07) is 0. The predicted octanol–water partition coefficient (Wildman–Crippen LogP) is 2.75. The van der Waals surface area contributed by atoms with Gasteiger partial charge in [-0.25, -0.2) is 4.98 Å². The lowest BCUT2D eigenvalue weighted by molar-refractivity contribution is -0.116. The van der Waals surface area contributed by atoms with Gasteiger partial charge >= 0.3 is 0 Å². The summed E-state index contributed by atoms with van der Waals surface area (Å²) in [7, 11) is 0. The van der Waals surface area contributed by atoms with Crippen LogP contribution in [-0.2, 0) is 11.3 Å². The van der Waals surface area contributed by atoms with Gasteiger partial charge in [0, 0.05) is 30.6 Å². The summed E-state index contributed by atoms with van der Waals surface area (Å²) < 4.78 is 0. The number of rotatable bonds is 8. The van der Waals surface area contributed by atoms with Crippen molar-refractivity contribution in [3.8, 4) is 0 Å². The first-order chi connectivity index (χ1) is 9.08. The summed E-state index contributed by atoms with van der Waals surface area (Å²) in [5.41, 5.74) is 1.01. The van der Waals surface area contributed by atoms with E-state index in [1.807, 2.05) is 24.1 Å². The Morgan fingerprint density at radius 1 is 1.63 bits per heavy atom. The summed E-state index contributed by atoms with van der Waals surface area (Å²) in [4.78, 5) is 17.6. The third-order valence-corrected chi connectivity index (χ3v) is 4.86. The number of aromatic nitrogens is 1. The van der Waals surface area contributed by atoms with E-state index in [-0.39, 0.29) is 5.91 Å². The van der Waals surface area contributed by atoms with E-state index in [1.54, 1.807) is 11.8 Å². The van der Waals surface area contributed by atoms with Crippen LogP contribution in [0.15, 0.2) is 5.38 Å². The van der Waals surface area contributed by atoms with E-state index in [0.29, 0.717) is 11.8 Å². The van der Waals surface area contributed by atoms with Crippen LogP contribution in [0.5, 0.6) is 0 Å². The molecule has 1 aromatic rings. The number of thiazole rings is 1. The van der Waals surface area contributed by atoms with Crippen molar-refractivity contribution in [1.82, 2.24) is 10.3 Å². The Morgan fingerprint density at radius 3 is 2.95 bits per heavy atom. The molecule has 0 radical (unpaired) electrons. The Balaban J connectivity index is 2.40. The number of hydrogen-bond acceptors (Lipinski definition) is 5. The van der Waals surface area contributed by atoms with Crippen molar-refractivity contribution in [2.24, 2.45) is 0 Å². The summed E-state index contributed by atoms with van der Waals surface area (Å²) in [5.74, 6) is 0.0464. The van der Waals surface area contributed by atoms with Gasteiger partial charge in [0.1, 0.15) is 0 Å². The quantitative estimate of drug-likeness (QED) is 0.750. The van der Waals surface area contributed by atoms with Crippen molar-refractivity contribution in [3.63, 3.8) is 0 Å². The zero-order chi connectivity index (χ0) is 14.3. The van der Waals surface area contributed by atoms with Gasteiger partial charge in [0.25, 0.3) is 0 Å². The van der Waals surface area contributed by atoms with E-state index >= 15 is 0 Å². The van der Waals surface area contributed by atoms with Crippen LogP contribution in [0.3, 0.4) is 0 Å². The summed E-state index contributed by atoms with van der Waals surface area (Å²) in [6.07, 6.45) is 3.30. The summed E-state index contributed by atoms with van der Waals surface area (Å²) in [6.45, 7) is 8.21. The average Bonchev–Trinajstić information content (AvgIpc) is 2.83. The van der Waals surface area contributed by atoms with Gasteiger partial charge in [0.05, 0.1) is 5.69 Å². The molecule has 1 N–H and O–H groups in total. The molecule has 0 aliphatic carbocycles. The summed E-state index contributed by atoms with van der Waals surface area (Å²) >= 11 is 3.42. The lowest BCUT2D eigenvalue weighted by atomic mass is 10.3. The molecule has 0 fully saturated rings. The molecule has 0 saturated carbocycles. The monoisotopic (exact) mass is 301 g/mol. The number of anilines is 1. The van der Waals surface area contributed by atoms with Gasteiger partial charge in [-0.15, -0.1) is 11.3 Å². The van der Waals surface area contributed by atoms with E-state index in [0.717, 1.165) is 30.3 Å². The topological polar surface area (TPSA) is 45.2 Å². The molecule has 1 atom stereocenters. The van der Waals surface area contributed by atoms with Gasteiger partial charge in [0.15, 0.2) is 5.13 Å². The van der Waals surface area contributed by atoms with E-state index in [1.165, 1.54) is 11.3 Å². The number of nitrogens with one attached hydrogen (secondary N) is 1. The largest absolute Gasteiger partial charge is 0.311 e. The number of nitrogens with zero attached hydrogens (tertiary/aromatic N) is 2. The van der Waals surface area contributed by atoms with Gasteiger partial charge < -0.3 is 5.32 Å². The highest BCUT2D eigenvalue weighted by Crippen LogP contribution is 2.20. The zero-order valence-corrected chi connectivity index (χ0v) is 13.7. The number of carbonyl (C=O) groups excluding carboxylic acids is 1. The molecular formula is C13H23N3OS2. The molecule has 6 heteroatoms. The van der Waals surface area contributed by atoms with Gasteiger partial charge in [-0.3, -0.25) is 9.69 Å². The zero-order valence-electron chi connectivity index (χ0n) is 12.1. The van der Waals surface area contributed by atoms with Crippen molar-refractivity contribution in [2.75, 3.05) is 24.2 Å². The van der Waals surface area contributed by atoms with Crippen LogP contribution >= 0.6 is 23.1 Å². The highest BCUT2D eigenvalue weighted by Gasteiger charge is 2.13. The van der Waals surface area contributed by atoms with Crippen LogP contribution in [0.2, 0.25) is 0 Å². The van der Waals surface area contributed by atoms with Gasteiger partial charge in [-0.2, -0.15) is 11.8 Å². The fourth-order valence-electron chi connectivity index (χ4n) is 1.63. The van der Waals surface area contributed by atoms with Crippen LogP contribution in [0.1, 0.15) is 32.9 Å². The molecule has 0 aliphatic heterocycles. The minimum absolute atomic E-state index is 0.0464. The first-order valence-electron chi connectivity index (χ1n) is 6.54. The number of carbonyl (C=O) groups is 1. The maximum Gasteiger partial charge on any atom is 0.225 e. The fourth-order valence-corrected chi connectivity index (χ4v) is 2.92. The first kappa shape index (κ1) is 16.5. The molecule has 0 bridgehead atoms. The van der Waals surface area contributed by atoms with Crippen LogP contribution in [0.4, 0.5) is 5.13 Å². The smallest absolute Gasteiger partial charge is 0.225 e. The lowest BCUT2D eigenvalue weighted by Crippen LogP contribution is -2.27. The third kappa shape index (κ3) is 5.50. The molecule has 19 heavy (non-hydrogen) atoms. The molecule has 0 aromatic carbocycles. The molecule has 0 saturated heterocycles. The van der Waals surface area contributed by atoms with Crippen LogP contribution < -0.4 is 10.2 Å². The van der Waals surface area contributed by atoms with Crippen molar-refractivity contribution >= 4 is 34.1 Å². The van der Waals surface area contributed by atoms with E-state index in [9.17, 15) is 4.79 Å². The number of thioether (sulfide) groups is 1. The predicted molar refractivity (Wildman–Crippen MR) is 85.1 cm³/mol. The maximum atomic E-state index is 11.4. The Bertz CT molecular complexity index is 395. The highest BCUT2D eigenvalue weighted by atomic mass is 32.2. The van der Waals surface area contributed by atoms with Crippen molar-refractivity contribution in [2.45, 2.75) is 39.0 Å². The van der Waals surface area contributed by atoms with Crippen molar-refractivity contribution in [1.29, 1.82) is 0 Å². The minimum Gasteiger partial charge on any atom is -0.311 e. The average molecular weight is 301 g/mol. The molecule has 1 rings (SSSR count). The van der Waals surface area contributed by atoms with Crippen LogP contribution in [0, 0.1) is 0 Å².